The molecular formula is C13H13ClN2. The van der Waals surface area contributed by atoms with E-state index in [1.807, 2.05) is 24.4 Å². The molecule has 0 unspecified atom stereocenters. The second kappa shape index (κ2) is 3.95. The SMILES string of the molecule is Clc1ccc2nccc(N3CCCC3)c2c1. The molecule has 3 heteroatoms. The smallest absolute Gasteiger partial charge is 0.0723 e. The van der Waals surface area contributed by atoms with Crippen molar-refractivity contribution in [3.63, 3.8) is 0 Å². The number of rotatable bonds is 1. The Labute approximate surface area is 99.8 Å². The van der Waals surface area contributed by atoms with Gasteiger partial charge in [0.2, 0.25) is 0 Å². The lowest BCUT2D eigenvalue weighted by molar-refractivity contribution is 0.949. The van der Waals surface area contributed by atoms with Gasteiger partial charge in [0.25, 0.3) is 0 Å². The number of aromatic nitrogens is 1. The molecule has 1 aromatic heterocycles. The highest BCUT2D eigenvalue weighted by atomic mass is 35.5. The molecule has 16 heavy (non-hydrogen) atoms. The third kappa shape index (κ3) is 1.63. The predicted octanol–water partition coefficient (Wildman–Crippen LogP) is 3.49. The van der Waals surface area contributed by atoms with Crippen LogP contribution in [0, 0.1) is 0 Å². The molecule has 2 nitrogen and oxygen atoms in total. The molecule has 0 spiro atoms. The maximum atomic E-state index is 6.05. The minimum atomic E-state index is 0.779. The molecule has 1 fully saturated rings. The first-order chi connectivity index (χ1) is 7.84. The highest BCUT2D eigenvalue weighted by molar-refractivity contribution is 6.31. The van der Waals surface area contributed by atoms with E-state index in [4.69, 9.17) is 11.6 Å². The topological polar surface area (TPSA) is 16.1 Å². The minimum absolute atomic E-state index is 0.779. The van der Waals surface area contributed by atoms with Gasteiger partial charge in [-0.15, -0.1) is 0 Å². The molecule has 1 aromatic carbocycles. The van der Waals surface area contributed by atoms with Gasteiger partial charge in [-0.1, -0.05) is 11.6 Å². The Balaban J connectivity index is 2.18. The Hall–Kier alpha value is -1.28. The van der Waals surface area contributed by atoms with Crippen LogP contribution in [-0.2, 0) is 0 Å². The van der Waals surface area contributed by atoms with Crippen molar-refractivity contribution < 1.29 is 0 Å². The van der Waals surface area contributed by atoms with Gasteiger partial charge in [-0.25, -0.2) is 0 Å². The maximum Gasteiger partial charge on any atom is 0.0723 e. The van der Waals surface area contributed by atoms with Crippen LogP contribution in [0.15, 0.2) is 30.5 Å². The first-order valence-corrected chi connectivity index (χ1v) is 6.01. The number of anilines is 1. The molecule has 2 heterocycles. The Bertz CT molecular complexity index is 518. The summed E-state index contributed by atoms with van der Waals surface area (Å²) in [5.41, 5.74) is 2.29. The molecule has 0 radical (unpaired) electrons. The van der Waals surface area contributed by atoms with Crippen LogP contribution >= 0.6 is 11.6 Å². The van der Waals surface area contributed by atoms with Crippen LogP contribution in [0.3, 0.4) is 0 Å². The molecule has 0 aliphatic carbocycles. The van der Waals surface area contributed by atoms with E-state index in [1.165, 1.54) is 18.5 Å². The lowest BCUT2D eigenvalue weighted by Crippen LogP contribution is -2.17. The minimum Gasteiger partial charge on any atom is -0.371 e. The molecule has 0 bridgehead atoms. The average Bonchev–Trinajstić information content (AvgIpc) is 2.81. The largest absolute Gasteiger partial charge is 0.371 e. The highest BCUT2D eigenvalue weighted by Crippen LogP contribution is 2.29. The summed E-state index contributed by atoms with van der Waals surface area (Å²) in [6.45, 7) is 2.29. The van der Waals surface area contributed by atoms with Crippen molar-refractivity contribution in [1.29, 1.82) is 0 Å². The van der Waals surface area contributed by atoms with Gasteiger partial charge in [0.05, 0.1) is 5.52 Å². The van der Waals surface area contributed by atoms with Crippen molar-refractivity contribution >= 4 is 28.2 Å². The van der Waals surface area contributed by atoms with Crippen molar-refractivity contribution in [2.45, 2.75) is 12.8 Å². The highest BCUT2D eigenvalue weighted by Gasteiger charge is 2.14. The normalized spacial score (nSPS) is 15.9. The standard InChI is InChI=1S/C13H13ClN2/c14-10-3-4-12-11(9-10)13(5-6-15-12)16-7-1-2-8-16/h3-6,9H,1-2,7-8H2. The number of hydrogen-bond acceptors (Lipinski definition) is 2. The molecule has 0 amide bonds. The van der Waals surface area contributed by atoms with Gasteiger partial charge in [0.1, 0.15) is 0 Å². The summed E-state index contributed by atoms with van der Waals surface area (Å²) in [7, 11) is 0. The van der Waals surface area contributed by atoms with Crippen LogP contribution in [0.2, 0.25) is 5.02 Å². The first kappa shape index (κ1) is 9.91. The molecule has 1 saturated heterocycles. The number of fused-ring (bicyclic) bond motifs is 1. The zero-order valence-electron chi connectivity index (χ0n) is 8.99. The Morgan fingerprint density at radius 2 is 1.94 bits per heavy atom. The van der Waals surface area contributed by atoms with Gasteiger partial charge in [-0.2, -0.15) is 0 Å². The quantitative estimate of drug-likeness (QED) is 0.748. The Morgan fingerprint density at radius 1 is 1.12 bits per heavy atom. The van der Waals surface area contributed by atoms with Crippen LogP contribution in [-0.4, -0.2) is 18.1 Å². The van der Waals surface area contributed by atoms with Crippen LogP contribution in [0.1, 0.15) is 12.8 Å². The van der Waals surface area contributed by atoms with Crippen molar-refractivity contribution in [1.82, 2.24) is 4.98 Å². The van der Waals surface area contributed by atoms with Gasteiger partial charge in [0, 0.05) is 35.4 Å². The van der Waals surface area contributed by atoms with Crippen molar-refractivity contribution in [3.8, 4) is 0 Å². The van der Waals surface area contributed by atoms with E-state index in [2.05, 4.69) is 16.0 Å². The molecule has 0 N–H and O–H groups in total. The summed E-state index contributed by atoms with van der Waals surface area (Å²) in [6.07, 6.45) is 4.44. The molecule has 2 aromatic rings. The van der Waals surface area contributed by atoms with Crippen LogP contribution in [0.5, 0.6) is 0 Å². The summed E-state index contributed by atoms with van der Waals surface area (Å²) in [5.74, 6) is 0. The number of nitrogens with zero attached hydrogens (tertiary/aromatic N) is 2. The van der Waals surface area contributed by atoms with Crippen LogP contribution in [0.25, 0.3) is 10.9 Å². The summed E-state index contributed by atoms with van der Waals surface area (Å²) in [4.78, 5) is 6.79. The zero-order chi connectivity index (χ0) is 11.0. The number of halogens is 1. The van der Waals surface area contributed by atoms with Crippen LogP contribution < -0.4 is 4.90 Å². The van der Waals surface area contributed by atoms with Crippen LogP contribution in [0.4, 0.5) is 5.69 Å². The third-order valence-electron chi connectivity index (χ3n) is 3.13. The monoisotopic (exact) mass is 232 g/mol. The summed E-state index contributed by atoms with van der Waals surface area (Å²) in [6, 6.07) is 7.98. The molecule has 1 aliphatic heterocycles. The fourth-order valence-corrected chi connectivity index (χ4v) is 2.51. The van der Waals surface area contributed by atoms with Gasteiger partial charge >= 0.3 is 0 Å². The van der Waals surface area contributed by atoms with Crippen molar-refractivity contribution in [2.75, 3.05) is 18.0 Å². The van der Waals surface area contributed by atoms with Crippen molar-refractivity contribution in [2.24, 2.45) is 0 Å². The predicted molar refractivity (Wildman–Crippen MR) is 68.2 cm³/mol. The Morgan fingerprint density at radius 3 is 2.75 bits per heavy atom. The lowest BCUT2D eigenvalue weighted by atomic mass is 10.2. The van der Waals surface area contributed by atoms with E-state index < -0.39 is 0 Å². The fraction of sp³-hybridized carbons (Fsp3) is 0.308. The zero-order valence-corrected chi connectivity index (χ0v) is 9.74. The van der Waals surface area contributed by atoms with Gasteiger partial charge in [-0.3, -0.25) is 4.98 Å². The average molecular weight is 233 g/mol. The third-order valence-corrected chi connectivity index (χ3v) is 3.36. The van der Waals surface area contributed by atoms with E-state index >= 15 is 0 Å². The second-order valence-electron chi connectivity index (χ2n) is 4.19. The molecule has 3 rings (SSSR count). The van der Waals surface area contributed by atoms with E-state index in [9.17, 15) is 0 Å². The van der Waals surface area contributed by atoms with E-state index in [-0.39, 0.29) is 0 Å². The maximum absolute atomic E-state index is 6.05. The van der Waals surface area contributed by atoms with Gasteiger partial charge in [0.15, 0.2) is 0 Å². The molecule has 1 aliphatic rings. The van der Waals surface area contributed by atoms with Crippen molar-refractivity contribution in [3.05, 3.63) is 35.5 Å². The summed E-state index contributed by atoms with van der Waals surface area (Å²) < 4.78 is 0. The molecule has 0 saturated carbocycles. The van der Waals surface area contributed by atoms with E-state index in [1.54, 1.807) is 0 Å². The molecular weight excluding hydrogens is 220 g/mol. The van der Waals surface area contributed by atoms with E-state index in [0.717, 1.165) is 29.0 Å². The second-order valence-corrected chi connectivity index (χ2v) is 4.62. The fourth-order valence-electron chi connectivity index (χ4n) is 2.34. The molecule has 82 valence electrons. The number of pyridine rings is 1. The summed E-state index contributed by atoms with van der Waals surface area (Å²) in [5, 5.41) is 1.94. The van der Waals surface area contributed by atoms with Gasteiger partial charge < -0.3 is 4.90 Å². The number of hydrogen-bond donors (Lipinski definition) is 0. The summed E-state index contributed by atoms with van der Waals surface area (Å²) >= 11 is 6.05. The van der Waals surface area contributed by atoms with E-state index in [0.29, 0.717) is 0 Å². The Kier molecular flexibility index (Phi) is 2.44. The molecule has 0 atom stereocenters. The first-order valence-electron chi connectivity index (χ1n) is 5.64. The van der Waals surface area contributed by atoms with Gasteiger partial charge in [-0.05, 0) is 37.1 Å². The number of benzene rings is 1. The lowest BCUT2D eigenvalue weighted by Gasteiger charge is -2.19.